The maximum Gasteiger partial charge on any atom is 0.333 e. The van der Waals surface area contributed by atoms with E-state index in [2.05, 4.69) is 0 Å². The molecule has 0 aromatic carbocycles. The van der Waals surface area contributed by atoms with Gasteiger partial charge in [-0.1, -0.05) is 6.08 Å². The molecule has 24 heteroatoms. The van der Waals surface area contributed by atoms with Gasteiger partial charge >= 0.3 is 5.97 Å². The Labute approximate surface area is 435 Å². The fourth-order valence-corrected chi connectivity index (χ4v) is 4.99. The molecule has 0 spiro atoms. The van der Waals surface area contributed by atoms with Gasteiger partial charge in [0, 0.05) is 5.57 Å². The average Bonchev–Trinajstić information content (AvgIpc) is 3.40. The first-order valence-electron chi connectivity index (χ1n) is 25.8. The lowest BCUT2D eigenvalue weighted by atomic mass is 10.3. The number of aliphatic hydroxyl groups is 1. The Morgan fingerprint density at radius 1 is 0.247 bits per heavy atom. The van der Waals surface area contributed by atoms with Gasteiger partial charge in [-0.05, 0) is 13.8 Å². The number of hydrogen-bond donors (Lipinski definition) is 1. The lowest BCUT2D eigenvalue weighted by molar-refractivity contribution is -0.140. The summed E-state index contributed by atoms with van der Waals surface area (Å²) < 4.78 is 120. The largest absolute Gasteiger partial charge is 0.460 e. The summed E-state index contributed by atoms with van der Waals surface area (Å²) in [5, 5.41) is 8.61. The van der Waals surface area contributed by atoms with Gasteiger partial charge in [-0.15, -0.1) is 0 Å². The molecule has 0 aromatic rings. The minimum Gasteiger partial charge on any atom is -0.460 e. The van der Waals surface area contributed by atoms with E-state index < -0.39 is 0 Å². The second kappa shape index (κ2) is 66.4. The second-order valence-corrected chi connectivity index (χ2v) is 14.7. The van der Waals surface area contributed by atoms with Crippen molar-refractivity contribution in [3.8, 4) is 0 Å². The summed E-state index contributed by atoms with van der Waals surface area (Å²) in [7, 11) is 0. The van der Waals surface area contributed by atoms with Gasteiger partial charge in [-0.3, -0.25) is 0 Å². The topological polar surface area (TPSA) is 240 Å². The Balaban J connectivity index is 3.09. The summed E-state index contributed by atoms with van der Waals surface area (Å²) in [5.41, 5.74) is 0.577. The standard InChI is InChI=1S/C49H96O24/c1-3-48(2)49(51)73-47-46-72-45-44-71-43-42-70-41-40-69-39-38-68-37-36-67-35-34-66-33-32-65-31-30-64-29-28-63-27-26-62-25-24-61-23-22-60-21-20-59-19-18-58-17-16-57-15-14-56-13-12-55-11-10-54-9-8-53-7-6-52-5-4-50/h3,50H,4-47H2,1-2H3. The van der Waals surface area contributed by atoms with Crippen LogP contribution in [0, 0.1) is 0 Å². The van der Waals surface area contributed by atoms with Gasteiger partial charge in [0.2, 0.25) is 0 Å². The second-order valence-electron chi connectivity index (χ2n) is 14.7. The highest BCUT2D eigenvalue weighted by atomic mass is 16.6. The van der Waals surface area contributed by atoms with Crippen molar-refractivity contribution in [3.63, 3.8) is 0 Å². The summed E-state index contributed by atoms with van der Waals surface area (Å²) in [6.45, 7) is 23.6. The van der Waals surface area contributed by atoms with Crippen LogP contribution in [-0.4, -0.2) is 302 Å². The Kier molecular flexibility index (Phi) is 64.9. The lowest BCUT2D eigenvalue weighted by Gasteiger charge is -2.09. The Morgan fingerprint density at radius 2 is 0.370 bits per heavy atom. The summed E-state index contributed by atoms with van der Waals surface area (Å²) in [6.07, 6.45) is 1.71. The minimum absolute atomic E-state index is 0.0178. The molecule has 0 unspecified atom stereocenters. The SMILES string of the molecule is CC=C(C)C(=O)OCCOCCOCCOCCOCCOCCOCCOCCOCCOCCOCCOCCOCCOCCOCCOCCOCCOCCOCCOCCOCCOCCO. The summed E-state index contributed by atoms with van der Waals surface area (Å²) in [6, 6.07) is 0. The van der Waals surface area contributed by atoms with Crippen molar-refractivity contribution in [2.24, 2.45) is 0 Å². The summed E-state index contributed by atoms with van der Waals surface area (Å²) >= 11 is 0. The van der Waals surface area contributed by atoms with E-state index in [1.165, 1.54) is 0 Å². The molecule has 0 aliphatic heterocycles. The van der Waals surface area contributed by atoms with Gasteiger partial charge in [0.15, 0.2) is 0 Å². The third-order valence-electron chi connectivity index (χ3n) is 8.89. The van der Waals surface area contributed by atoms with Gasteiger partial charge in [0.25, 0.3) is 0 Å². The molecule has 0 rings (SSSR count). The van der Waals surface area contributed by atoms with Gasteiger partial charge in [-0.2, -0.15) is 0 Å². The monoisotopic (exact) mass is 1070 g/mol. The predicted molar refractivity (Wildman–Crippen MR) is 265 cm³/mol. The first-order valence-corrected chi connectivity index (χ1v) is 25.8. The van der Waals surface area contributed by atoms with Crippen molar-refractivity contribution >= 4 is 5.97 Å². The Bertz CT molecular complexity index is 1070. The molecule has 0 radical (unpaired) electrons. The molecule has 0 aromatic heterocycles. The zero-order chi connectivity index (χ0) is 52.5. The molecule has 0 saturated carbocycles. The van der Waals surface area contributed by atoms with Crippen LogP contribution in [0.1, 0.15) is 13.8 Å². The van der Waals surface area contributed by atoms with E-state index >= 15 is 0 Å². The highest BCUT2D eigenvalue weighted by Crippen LogP contribution is 1.96. The van der Waals surface area contributed by atoms with Gasteiger partial charge in [0.05, 0.1) is 284 Å². The average molecular weight is 1070 g/mol. The Hall–Kier alpha value is -1.67. The molecule has 0 bridgehead atoms. The lowest BCUT2D eigenvalue weighted by Crippen LogP contribution is -2.16. The molecule has 24 nitrogen and oxygen atoms in total. The van der Waals surface area contributed by atoms with Crippen molar-refractivity contribution in [2.45, 2.75) is 13.8 Å². The fraction of sp³-hybridized carbons (Fsp3) is 0.939. The first-order chi connectivity index (χ1) is 36.2. The molecule has 0 amide bonds. The van der Waals surface area contributed by atoms with Crippen LogP contribution in [0.2, 0.25) is 0 Å². The summed E-state index contributed by atoms with van der Waals surface area (Å²) in [5.74, 6) is -0.328. The van der Waals surface area contributed by atoms with E-state index in [9.17, 15) is 4.79 Å². The zero-order valence-corrected chi connectivity index (χ0v) is 44.5. The van der Waals surface area contributed by atoms with Crippen LogP contribution in [0.3, 0.4) is 0 Å². The molecule has 0 fully saturated rings. The van der Waals surface area contributed by atoms with Crippen molar-refractivity contribution in [1.29, 1.82) is 0 Å². The first kappa shape index (κ1) is 71.3. The van der Waals surface area contributed by atoms with Gasteiger partial charge in [-0.25, -0.2) is 4.79 Å². The number of esters is 1. The van der Waals surface area contributed by atoms with E-state index in [-0.39, 0.29) is 19.2 Å². The molecule has 1 N–H and O–H groups in total. The number of rotatable bonds is 66. The summed E-state index contributed by atoms with van der Waals surface area (Å²) in [4.78, 5) is 11.5. The van der Waals surface area contributed by atoms with E-state index in [1.807, 2.05) is 0 Å². The highest BCUT2D eigenvalue weighted by Gasteiger charge is 2.04. The number of aliphatic hydroxyl groups excluding tert-OH is 1. The van der Waals surface area contributed by atoms with Crippen LogP contribution in [-0.2, 0) is 109 Å². The van der Waals surface area contributed by atoms with Crippen molar-refractivity contribution in [3.05, 3.63) is 11.6 Å². The zero-order valence-electron chi connectivity index (χ0n) is 44.5. The smallest absolute Gasteiger partial charge is 0.333 e. The molecular formula is C49H96O24. The number of allylic oxidation sites excluding steroid dienone is 1. The van der Waals surface area contributed by atoms with E-state index in [1.54, 1.807) is 19.9 Å². The van der Waals surface area contributed by atoms with Gasteiger partial charge in [0.1, 0.15) is 6.61 Å². The third kappa shape index (κ3) is 64.5. The molecule has 0 saturated heterocycles. The van der Waals surface area contributed by atoms with E-state index in [0.29, 0.717) is 283 Å². The van der Waals surface area contributed by atoms with Crippen LogP contribution < -0.4 is 0 Å². The number of carbonyl (C=O) groups is 1. The fourth-order valence-electron chi connectivity index (χ4n) is 4.99. The van der Waals surface area contributed by atoms with Crippen LogP contribution >= 0.6 is 0 Å². The molecule has 436 valence electrons. The molecular weight excluding hydrogens is 973 g/mol. The minimum atomic E-state index is -0.328. The molecule has 73 heavy (non-hydrogen) atoms. The maximum atomic E-state index is 11.5. The molecule has 0 aliphatic rings. The molecule has 0 aliphatic carbocycles. The normalized spacial score (nSPS) is 11.9. The van der Waals surface area contributed by atoms with Gasteiger partial charge < -0.3 is 109 Å². The van der Waals surface area contributed by atoms with Crippen molar-refractivity contribution < 1.29 is 114 Å². The van der Waals surface area contributed by atoms with Crippen LogP contribution in [0.4, 0.5) is 0 Å². The van der Waals surface area contributed by atoms with Crippen molar-refractivity contribution in [2.75, 3.05) is 291 Å². The quantitative estimate of drug-likeness (QED) is 0.0504. The maximum absolute atomic E-state index is 11.5. The van der Waals surface area contributed by atoms with E-state index in [0.717, 1.165) is 0 Å². The third-order valence-corrected chi connectivity index (χ3v) is 8.89. The van der Waals surface area contributed by atoms with E-state index in [4.69, 9.17) is 109 Å². The van der Waals surface area contributed by atoms with Crippen LogP contribution in [0.15, 0.2) is 11.6 Å². The number of carbonyl (C=O) groups excluding carboxylic acids is 1. The number of hydrogen-bond acceptors (Lipinski definition) is 24. The highest BCUT2D eigenvalue weighted by molar-refractivity contribution is 5.87. The predicted octanol–water partition coefficient (Wildman–Crippen LogP) is 0.837. The Morgan fingerprint density at radius 3 is 0.493 bits per heavy atom. The van der Waals surface area contributed by atoms with Crippen LogP contribution in [0.5, 0.6) is 0 Å². The molecule has 0 atom stereocenters. The molecule has 0 heterocycles. The van der Waals surface area contributed by atoms with Crippen LogP contribution in [0.25, 0.3) is 0 Å². The number of ether oxygens (including phenoxy) is 22. The van der Waals surface area contributed by atoms with Crippen molar-refractivity contribution in [1.82, 2.24) is 0 Å².